The van der Waals surface area contributed by atoms with E-state index in [1.807, 2.05) is 6.20 Å². The van der Waals surface area contributed by atoms with E-state index in [-0.39, 0.29) is 0 Å². The Hall–Kier alpha value is -1.39. The molecule has 0 atom stereocenters. The van der Waals surface area contributed by atoms with Crippen LogP contribution in [0.25, 0.3) is 0 Å². The molecule has 0 amide bonds. The molecule has 0 radical (unpaired) electrons. The highest BCUT2D eigenvalue weighted by atomic mass is 32.1. The molecule has 0 saturated heterocycles. The molecule has 2 aromatic rings. The first-order valence-electron chi connectivity index (χ1n) is 7.08. The molecule has 0 bridgehead atoms. The lowest BCUT2D eigenvalue weighted by molar-refractivity contribution is 0.301. The van der Waals surface area contributed by atoms with Crippen molar-refractivity contribution >= 4 is 11.3 Å². The van der Waals surface area contributed by atoms with Crippen LogP contribution in [0.1, 0.15) is 33.9 Å². The van der Waals surface area contributed by atoms with E-state index in [2.05, 4.69) is 42.3 Å². The van der Waals surface area contributed by atoms with E-state index in [1.165, 1.54) is 28.8 Å². The van der Waals surface area contributed by atoms with E-state index in [9.17, 15) is 0 Å². The summed E-state index contributed by atoms with van der Waals surface area (Å²) >= 11 is 1.73. The van der Waals surface area contributed by atoms with Gasteiger partial charge < -0.3 is 10.1 Å². The topological polar surface area (TPSA) is 34.1 Å². The molecule has 1 aromatic carbocycles. The Kier molecular flexibility index (Phi) is 4.03. The van der Waals surface area contributed by atoms with Gasteiger partial charge in [0.15, 0.2) is 0 Å². The van der Waals surface area contributed by atoms with Crippen LogP contribution in [0, 0.1) is 13.8 Å². The van der Waals surface area contributed by atoms with Crippen LogP contribution in [0.4, 0.5) is 0 Å². The van der Waals surface area contributed by atoms with Crippen molar-refractivity contribution in [1.82, 2.24) is 10.3 Å². The van der Waals surface area contributed by atoms with Crippen molar-refractivity contribution in [2.45, 2.75) is 45.9 Å². The van der Waals surface area contributed by atoms with Gasteiger partial charge in [0.05, 0.1) is 0 Å². The fourth-order valence-electron chi connectivity index (χ4n) is 2.19. The first kappa shape index (κ1) is 13.6. The Morgan fingerprint density at radius 3 is 2.75 bits per heavy atom. The highest BCUT2D eigenvalue weighted by Gasteiger charge is 2.20. The van der Waals surface area contributed by atoms with E-state index in [0.29, 0.717) is 6.61 Å². The molecule has 1 fully saturated rings. The zero-order valence-electron chi connectivity index (χ0n) is 12.0. The maximum Gasteiger partial charge on any atom is 0.140 e. The molecular formula is C16H20N2OS. The lowest BCUT2D eigenvalue weighted by atomic mass is 10.1. The number of benzene rings is 1. The number of hydrogen-bond acceptors (Lipinski definition) is 4. The Labute approximate surface area is 124 Å². The van der Waals surface area contributed by atoms with Crippen LogP contribution >= 0.6 is 11.3 Å². The lowest BCUT2D eigenvalue weighted by Gasteiger charge is -2.10. The normalized spacial score (nSPS) is 14.5. The molecule has 1 aliphatic carbocycles. The number of nitrogens with one attached hydrogen (secondary N) is 1. The predicted molar refractivity (Wildman–Crippen MR) is 82.2 cm³/mol. The Morgan fingerprint density at radius 2 is 2.05 bits per heavy atom. The maximum atomic E-state index is 5.93. The second-order valence-electron chi connectivity index (χ2n) is 5.39. The molecule has 0 aliphatic heterocycles. The molecule has 0 spiro atoms. The highest BCUT2D eigenvalue weighted by molar-refractivity contribution is 7.11. The minimum Gasteiger partial charge on any atom is -0.486 e. The van der Waals surface area contributed by atoms with Gasteiger partial charge in [-0.05, 0) is 37.8 Å². The molecule has 4 heteroatoms. The van der Waals surface area contributed by atoms with E-state index < -0.39 is 0 Å². The van der Waals surface area contributed by atoms with Gasteiger partial charge in [-0.2, -0.15) is 0 Å². The number of hydrogen-bond donors (Lipinski definition) is 1. The number of aryl methyl sites for hydroxylation is 2. The summed E-state index contributed by atoms with van der Waals surface area (Å²) in [4.78, 5) is 5.73. The number of ether oxygens (including phenoxy) is 1. The zero-order chi connectivity index (χ0) is 13.9. The monoisotopic (exact) mass is 288 g/mol. The van der Waals surface area contributed by atoms with Crippen molar-refractivity contribution < 1.29 is 4.74 Å². The molecule has 20 heavy (non-hydrogen) atoms. The first-order chi connectivity index (χ1) is 9.72. The minimum atomic E-state index is 0.555. The van der Waals surface area contributed by atoms with Crippen molar-refractivity contribution in [3.8, 4) is 5.75 Å². The number of nitrogens with zero attached hydrogens (tertiary/aromatic N) is 1. The molecule has 1 aromatic heterocycles. The summed E-state index contributed by atoms with van der Waals surface area (Å²) in [5, 5.41) is 4.55. The average molecular weight is 288 g/mol. The van der Waals surface area contributed by atoms with Crippen LogP contribution in [0.2, 0.25) is 0 Å². The van der Waals surface area contributed by atoms with Crippen LogP contribution in [0.15, 0.2) is 24.4 Å². The smallest absolute Gasteiger partial charge is 0.140 e. The van der Waals surface area contributed by atoms with Crippen LogP contribution in [-0.2, 0) is 13.2 Å². The van der Waals surface area contributed by atoms with Crippen LogP contribution < -0.4 is 10.1 Å². The van der Waals surface area contributed by atoms with E-state index in [1.54, 1.807) is 11.3 Å². The second-order valence-corrected chi connectivity index (χ2v) is 6.58. The zero-order valence-corrected chi connectivity index (χ0v) is 12.8. The molecule has 1 N–H and O–H groups in total. The Bertz CT molecular complexity index is 570. The predicted octanol–water partition coefficient (Wildman–Crippen LogP) is 3.59. The number of aromatic nitrogens is 1. The van der Waals surface area contributed by atoms with Gasteiger partial charge in [-0.3, -0.25) is 0 Å². The van der Waals surface area contributed by atoms with Crippen LogP contribution in [0.3, 0.4) is 0 Å². The third kappa shape index (κ3) is 3.38. The van der Waals surface area contributed by atoms with Crippen LogP contribution in [-0.4, -0.2) is 11.0 Å². The van der Waals surface area contributed by atoms with Crippen molar-refractivity contribution in [1.29, 1.82) is 0 Å². The van der Waals surface area contributed by atoms with Gasteiger partial charge >= 0.3 is 0 Å². The largest absolute Gasteiger partial charge is 0.486 e. The first-order valence-corrected chi connectivity index (χ1v) is 7.90. The summed E-state index contributed by atoms with van der Waals surface area (Å²) in [7, 11) is 0. The van der Waals surface area contributed by atoms with Gasteiger partial charge in [0.1, 0.15) is 17.4 Å². The minimum absolute atomic E-state index is 0.555. The van der Waals surface area contributed by atoms with Crippen molar-refractivity contribution in [2.24, 2.45) is 0 Å². The Morgan fingerprint density at radius 1 is 1.30 bits per heavy atom. The summed E-state index contributed by atoms with van der Waals surface area (Å²) in [5.41, 5.74) is 2.36. The van der Waals surface area contributed by atoms with Crippen molar-refractivity contribution in [2.75, 3.05) is 0 Å². The average Bonchev–Trinajstić information content (AvgIpc) is 3.15. The molecule has 1 aliphatic rings. The molecule has 1 saturated carbocycles. The Balaban J connectivity index is 1.57. The number of rotatable bonds is 6. The fraction of sp³-hybridized carbons (Fsp3) is 0.438. The summed E-state index contributed by atoms with van der Waals surface area (Å²) in [6.45, 7) is 5.65. The van der Waals surface area contributed by atoms with Gasteiger partial charge in [-0.15, -0.1) is 11.3 Å². The fourth-order valence-corrected chi connectivity index (χ4v) is 2.98. The van der Waals surface area contributed by atoms with E-state index in [0.717, 1.165) is 23.3 Å². The lowest BCUT2D eigenvalue weighted by Crippen LogP contribution is -2.14. The van der Waals surface area contributed by atoms with Gasteiger partial charge in [0.2, 0.25) is 0 Å². The molecule has 106 valence electrons. The second kappa shape index (κ2) is 5.94. The molecule has 3 rings (SSSR count). The van der Waals surface area contributed by atoms with Crippen LogP contribution in [0.5, 0.6) is 5.75 Å². The van der Waals surface area contributed by atoms with Crippen molar-refractivity contribution in [3.63, 3.8) is 0 Å². The SMILES string of the molecule is Cc1cccc(C)c1OCc1ncc(CNC2CC2)s1. The van der Waals surface area contributed by atoms with E-state index >= 15 is 0 Å². The highest BCUT2D eigenvalue weighted by Crippen LogP contribution is 2.25. The standard InChI is InChI=1S/C16H20N2OS/c1-11-4-3-5-12(2)16(11)19-10-15-18-9-14(20-15)8-17-13-6-7-13/h3-5,9,13,17H,6-8,10H2,1-2H3. The summed E-state index contributed by atoms with van der Waals surface area (Å²) < 4.78 is 5.93. The van der Waals surface area contributed by atoms with Gasteiger partial charge in [-0.25, -0.2) is 4.98 Å². The molecule has 0 unspecified atom stereocenters. The quantitative estimate of drug-likeness (QED) is 0.882. The summed E-state index contributed by atoms with van der Waals surface area (Å²) in [6, 6.07) is 6.96. The number of thiazole rings is 1. The van der Waals surface area contributed by atoms with E-state index in [4.69, 9.17) is 4.74 Å². The third-order valence-corrected chi connectivity index (χ3v) is 4.46. The van der Waals surface area contributed by atoms with Gasteiger partial charge in [0, 0.05) is 23.7 Å². The van der Waals surface area contributed by atoms with Crippen molar-refractivity contribution in [3.05, 3.63) is 45.4 Å². The molecule has 3 nitrogen and oxygen atoms in total. The number of para-hydroxylation sites is 1. The maximum absolute atomic E-state index is 5.93. The summed E-state index contributed by atoms with van der Waals surface area (Å²) in [6.07, 6.45) is 4.60. The third-order valence-electron chi connectivity index (χ3n) is 3.49. The molecule has 1 heterocycles. The van der Waals surface area contributed by atoms with Gasteiger partial charge in [-0.1, -0.05) is 18.2 Å². The summed E-state index contributed by atoms with van der Waals surface area (Å²) in [5.74, 6) is 0.986. The van der Waals surface area contributed by atoms with Gasteiger partial charge in [0.25, 0.3) is 0 Å². The molecular weight excluding hydrogens is 268 g/mol.